The van der Waals surface area contributed by atoms with Gasteiger partial charge >= 0.3 is 0 Å². The molecule has 1 aromatic rings. The van der Waals surface area contributed by atoms with Crippen LogP contribution in [0.2, 0.25) is 0 Å². The second kappa shape index (κ2) is 3.18. The minimum absolute atomic E-state index is 0.0788. The molecule has 0 amide bonds. The Labute approximate surface area is 77.5 Å². The van der Waals surface area contributed by atoms with Crippen molar-refractivity contribution in [2.24, 2.45) is 5.73 Å². The van der Waals surface area contributed by atoms with E-state index in [1.165, 1.54) is 5.56 Å². The number of benzene rings is 1. The lowest BCUT2D eigenvalue weighted by Crippen LogP contribution is -2.38. The summed E-state index contributed by atoms with van der Waals surface area (Å²) in [5, 5.41) is 10.7. The van der Waals surface area contributed by atoms with Crippen LogP contribution >= 0.6 is 0 Å². The lowest BCUT2D eigenvalue weighted by atomic mass is 9.94. The van der Waals surface area contributed by atoms with Crippen molar-refractivity contribution in [1.29, 1.82) is 5.41 Å². The van der Waals surface area contributed by atoms with Crippen molar-refractivity contribution in [2.45, 2.75) is 12.5 Å². The van der Waals surface area contributed by atoms with Crippen molar-refractivity contribution in [2.75, 3.05) is 6.54 Å². The Bertz CT molecular complexity index is 333. The van der Waals surface area contributed by atoms with Crippen LogP contribution in [0.4, 0.5) is 0 Å². The maximum atomic E-state index is 7.43. The van der Waals surface area contributed by atoms with E-state index < -0.39 is 0 Å². The first-order valence-electron chi connectivity index (χ1n) is 4.44. The summed E-state index contributed by atoms with van der Waals surface area (Å²) >= 11 is 0. The number of hydrogen-bond donors (Lipinski definition) is 3. The van der Waals surface area contributed by atoms with Crippen LogP contribution in [0.3, 0.4) is 0 Å². The lowest BCUT2D eigenvalue weighted by Gasteiger charge is -2.25. The van der Waals surface area contributed by atoms with Crippen LogP contribution in [0, 0.1) is 5.41 Å². The lowest BCUT2D eigenvalue weighted by molar-refractivity contribution is 0.599. The highest BCUT2D eigenvalue weighted by atomic mass is 15.0. The molecular weight excluding hydrogens is 162 g/mol. The molecule has 1 aromatic carbocycles. The summed E-state index contributed by atoms with van der Waals surface area (Å²) < 4.78 is 0. The van der Waals surface area contributed by atoms with Gasteiger partial charge in [0.2, 0.25) is 0 Å². The highest BCUT2D eigenvalue weighted by molar-refractivity contribution is 5.84. The van der Waals surface area contributed by atoms with Gasteiger partial charge < -0.3 is 11.1 Å². The van der Waals surface area contributed by atoms with Crippen LogP contribution in [0.5, 0.6) is 0 Å². The van der Waals surface area contributed by atoms with Crippen molar-refractivity contribution in [1.82, 2.24) is 5.32 Å². The summed E-state index contributed by atoms with van der Waals surface area (Å²) in [6.45, 7) is 0.904. The van der Waals surface area contributed by atoms with E-state index in [9.17, 15) is 0 Å². The van der Waals surface area contributed by atoms with Gasteiger partial charge in [0.25, 0.3) is 0 Å². The van der Waals surface area contributed by atoms with Crippen molar-refractivity contribution >= 4 is 5.84 Å². The summed E-state index contributed by atoms with van der Waals surface area (Å²) in [6.07, 6.45) is 1.03. The van der Waals surface area contributed by atoms with Gasteiger partial charge in [0, 0.05) is 6.54 Å². The molecule has 0 spiro atoms. The van der Waals surface area contributed by atoms with Crippen LogP contribution in [0.25, 0.3) is 0 Å². The third-order valence-electron chi connectivity index (χ3n) is 2.42. The zero-order valence-corrected chi connectivity index (χ0v) is 7.38. The highest BCUT2D eigenvalue weighted by Crippen LogP contribution is 2.21. The Morgan fingerprint density at radius 1 is 1.46 bits per heavy atom. The average molecular weight is 175 g/mol. The summed E-state index contributed by atoms with van der Waals surface area (Å²) in [5.41, 5.74) is 7.96. The Morgan fingerprint density at radius 2 is 2.23 bits per heavy atom. The van der Waals surface area contributed by atoms with Crippen LogP contribution in [0.15, 0.2) is 24.3 Å². The van der Waals surface area contributed by atoms with Gasteiger partial charge in [-0.15, -0.1) is 0 Å². The van der Waals surface area contributed by atoms with Crippen molar-refractivity contribution in [3.63, 3.8) is 0 Å². The molecule has 0 bridgehead atoms. The minimum atomic E-state index is -0.0788. The molecule has 4 N–H and O–H groups in total. The molecule has 0 aliphatic carbocycles. The van der Waals surface area contributed by atoms with E-state index in [-0.39, 0.29) is 11.9 Å². The summed E-state index contributed by atoms with van der Waals surface area (Å²) in [7, 11) is 0. The Morgan fingerprint density at radius 3 is 3.00 bits per heavy atom. The molecule has 1 heterocycles. The normalized spacial score (nSPS) is 20.8. The van der Waals surface area contributed by atoms with Gasteiger partial charge in [0.1, 0.15) is 5.84 Å². The number of nitrogens with one attached hydrogen (secondary N) is 2. The zero-order valence-electron chi connectivity index (χ0n) is 7.38. The number of fused-ring (bicyclic) bond motifs is 1. The molecule has 1 aliphatic heterocycles. The molecule has 1 atom stereocenters. The fourth-order valence-corrected chi connectivity index (χ4v) is 1.78. The fourth-order valence-electron chi connectivity index (χ4n) is 1.78. The van der Waals surface area contributed by atoms with Crippen molar-refractivity contribution < 1.29 is 0 Å². The Hall–Kier alpha value is -1.35. The average Bonchev–Trinajstić information content (AvgIpc) is 2.17. The first-order valence-corrected chi connectivity index (χ1v) is 4.44. The molecule has 13 heavy (non-hydrogen) atoms. The Kier molecular flexibility index (Phi) is 2.02. The highest BCUT2D eigenvalue weighted by Gasteiger charge is 2.20. The van der Waals surface area contributed by atoms with E-state index in [1.807, 2.05) is 18.2 Å². The smallest absolute Gasteiger partial charge is 0.113 e. The van der Waals surface area contributed by atoms with Crippen LogP contribution < -0.4 is 11.1 Å². The molecule has 68 valence electrons. The second-order valence-corrected chi connectivity index (χ2v) is 3.29. The van der Waals surface area contributed by atoms with Gasteiger partial charge in [-0.2, -0.15) is 0 Å². The van der Waals surface area contributed by atoms with Crippen LogP contribution in [-0.4, -0.2) is 12.4 Å². The largest absolute Gasteiger partial charge is 0.386 e. The van der Waals surface area contributed by atoms with Crippen molar-refractivity contribution in [3.05, 3.63) is 35.4 Å². The maximum Gasteiger partial charge on any atom is 0.113 e. The molecule has 0 saturated heterocycles. The monoisotopic (exact) mass is 175 g/mol. The number of nitrogens with two attached hydrogens (primary N) is 1. The number of hydrogen-bond acceptors (Lipinski definition) is 2. The third kappa shape index (κ3) is 1.42. The molecule has 0 aromatic heterocycles. The molecule has 0 radical (unpaired) electrons. The quantitative estimate of drug-likeness (QED) is 0.437. The predicted molar refractivity (Wildman–Crippen MR) is 52.8 cm³/mol. The Balaban J connectivity index is 2.42. The van der Waals surface area contributed by atoms with E-state index in [0.717, 1.165) is 18.5 Å². The molecule has 3 heteroatoms. The second-order valence-electron chi connectivity index (χ2n) is 3.29. The van der Waals surface area contributed by atoms with Gasteiger partial charge in [-0.1, -0.05) is 24.3 Å². The van der Waals surface area contributed by atoms with Gasteiger partial charge in [0.05, 0.1) is 6.04 Å². The van der Waals surface area contributed by atoms with Gasteiger partial charge in [-0.25, -0.2) is 0 Å². The van der Waals surface area contributed by atoms with E-state index in [2.05, 4.69) is 11.4 Å². The number of amidine groups is 1. The predicted octanol–water partition coefficient (Wildman–Crippen LogP) is 0.809. The maximum absolute atomic E-state index is 7.43. The third-order valence-corrected chi connectivity index (χ3v) is 2.42. The molecule has 1 aliphatic rings. The molecule has 0 fully saturated rings. The standard InChI is InChI=1S/C10H13N3/c11-10(12)9-8-4-2-1-3-7(8)5-6-13-9/h1-4,9,13H,5-6H2,(H3,11,12). The summed E-state index contributed by atoms with van der Waals surface area (Å²) in [6, 6.07) is 8.08. The van der Waals surface area contributed by atoms with Crippen LogP contribution in [-0.2, 0) is 6.42 Å². The summed E-state index contributed by atoms with van der Waals surface area (Å²) in [5.74, 6) is 0.201. The molecule has 0 saturated carbocycles. The van der Waals surface area contributed by atoms with Gasteiger partial charge in [-0.05, 0) is 17.5 Å². The zero-order chi connectivity index (χ0) is 9.26. The minimum Gasteiger partial charge on any atom is -0.386 e. The fraction of sp³-hybridized carbons (Fsp3) is 0.300. The molecule has 1 unspecified atom stereocenters. The molecule has 2 rings (SSSR count). The van der Waals surface area contributed by atoms with Crippen LogP contribution in [0.1, 0.15) is 17.2 Å². The molecular formula is C10H13N3. The van der Waals surface area contributed by atoms with Gasteiger partial charge in [0.15, 0.2) is 0 Å². The van der Waals surface area contributed by atoms with Gasteiger partial charge in [-0.3, -0.25) is 5.41 Å². The summed E-state index contributed by atoms with van der Waals surface area (Å²) in [4.78, 5) is 0. The van der Waals surface area contributed by atoms with E-state index in [1.54, 1.807) is 0 Å². The van der Waals surface area contributed by atoms with E-state index >= 15 is 0 Å². The SMILES string of the molecule is N=C(N)C1NCCc2ccccc21. The van der Waals surface area contributed by atoms with Crippen molar-refractivity contribution in [3.8, 4) is 0 Å². The molecule has 3 nitrogen and oxygen atoms in total. The van der Waals surface area contributed by atoms with E-state index in [4.69, 9.17) is 11.1 Å². The topological polar surface area (TPSA) is 61.9 Å². The first kappa shape index (κ1) is 8.26. The number of rotatable bonds is 1. The van der Waals surface area contributed by atoms with E-state index in [0.29, 0.717) is 0 Å². The first-order chi connectivity index (χ1) is 6.29.